The van der Waals surface area contributed by atoms with Gasteiger partial charge in [0.15, 0.2) is 0 Å². The van der Waals surface area contributed by atoms with E-state index in [9.17, 15) is 4.79 Å². The molecule has 1 aromatic heterocycles. The summed E-state index contributed by atoms with van der Waals surface area (Å²) in [6, 6.07) is 12.9. The number of rotatable bonds is 5. The number of aromatic nitrogens is 2. The predicted molar refractivity (Wildman–Crippen MR) is 90.2 cm³/mol. The van der Waals surface area contributed by atoms with Crippen LogP contribution in [0.4, 0.5) is 4.79 Å². The molecule has 1 heterocycles. The average Bonchev–Trinajstić information content (AvgIpc) is 2.53. The Morgan fingerprint density at radius 3 is 2.42 bits per heavy atom. The van der Waals surface area contributed by atoms with Gasteiger partial charge in [0, 0.05) is 0 Å². The zero-order chi connectivity index (χ0) is 17.6. The monoisotopic (exact) mass is 329 g/mol. The van der Waals surface area contributed by atoms with E-state index in [1.54, 1.807) is 12.1 Å². The Labute approximate surface area is 141 Å². The smallest absolute Gasteiger partial charge is 0.408 e. The summed E-state index contributed by atoms with van der Waals surface area (Å²) >= 11 is 0. The third-order valence-electron chi connectivity index (χ3n) is 3.23. The summed E-state index contributed by atoms with van der Waals surface area (Å²) in [7, 11) is 0. The molecule has 24 heavy (non-hydrogen) atoms. The van der Waals surface area contributed by atoms with Crippen LogP contribution in [0.1, 0.15) is 43.8 Å². The molecule has 0 fully saturated rings. The fraction of sp³-hybridized carbons (Fsp3) is 0.389. The lowest BCUT2D eigenvalue weighted by Gasteiger charge is -2.23. The third-order valence-corrected chi connectivity index (χ3v) is 3.23. The summed E-state index contributed by atoms with van der Waals surface area (Å²) in [6.07, 6.45) is 0.0595. The fourth-order valence-electron chi connectivity index (χ4n) is 2.17. The van der Waals surface area contributed by atoms with Crippen LogP contribution in [0, 0.1) is 0 Å². The molecule has 6 nitrogen and oxygen atoms in total. The van der Waals surface area contributed by atoms with E-state index in [-0.39, 0.29) is 12.6 Å². The van der Waals surface area contributed by atoms with Gasteiger partial charge >= 0.3 is 6.09 Å². The van der Waals surface area contributed by atoms with Gasteiger partial charge in [0.25, 0.3) is 0 Å². The number of carbonyl (C=O) groups excluding carboxylic acids is 1. The number of nitrogens with zero attached hydrogens (tertiary/aromatic N) is 2. The van der Waals surface area contributed by atoms with Crippen molar-refractivity contribution >= 4 is 6.09 Å². The molecule has 0 aliphatic heterocycles. The summed E-state index contributed by atoms with van der Waals surface area (Å²) in [5.41, 5.74) is 1.58. The number of amides is 1. The fourth-order valence-corrected chi connectivity index (χ4v) is 2.17. The number of hydrogen-bond acceptors (Lipinski definition) is 5. The minimum absolute atomic E-state index is 0.171. The maximum atomic E-state index is 12.1. The lowest BCUT2D eigenvalue weighted by atomic mass is 10.0. The Hall–Kier alpha value is -2.47. The van der Waals surface area contributed by atoms with Crippen molar-refractivity contribution < 1.29 is 14.6 Å². The molecule has 2 rings (SSSR count). The number of nitrogens with one attached hydrogen (secondary N) is 1. The van der Waals surface area contributed by atoms with Crippen LogP contribution in [0.15, 0.2) is 42.5 Å². The molecule has 0 bridgehead atoms. The van der Waals surface area contributed by atoms with Crippen molar-refractivity contribution in [2.24, 2.45) is 0 Å². The lowest BCUT2D eigenvalue weighted by molar-refractivity contribution is 0.0502. The molecule has 0 saturated heterocycles. The van der Waals surface area contributed by atoms with Crippen LogP contribution >= 0.6 is 0 Å². The molecule has 0 radical (unpaired) electrons. The Balaban J connectivity index is 2.18. The highest BCUT2D eigenvalue weighted by molar-refractivity contribution is 5.68. The highest BCUT2D eigenvalue weighted by atomic mass is 16.6. The number of alkyl carbamates (subject to hydrolysis) is 1. The van der Waals surface area contributed by atoms with Gasteiger partial charge < -0.3 is 15.2 Å². The molecule has 0 unspecified atom stereocenters. The standard InChI is InChI=1S/C18H23N3O3/c1-18(2,3)24-17(23)19-16(11-13-7-5-4-6-8-13)15-10-9-14(12-22)20-21-15/h4-10,16,22H,11-12H2,1-3H3,(H,19,23)/t16-/m0/s1. The van der Waals surface area contributed by atoms with Gasteiger partial charge in [0.1, 0.15) is 5.60 Å². The van der Waals surface area contributed by atoms with Gasteiger partial charge in [-0.15, -0.1) is 0 Å². The molecule has 128 valence electrons. The van der Waals surface area contributed by atoms with Crippen LogP contribution in [-0.4, -0.2) is 27.0 Å². The van der Waals surface area contributed by atoms with Crippen molar-refractivity contribution in [1.82, 2.24) is 15.5 Å². The molecule has 0 saturated carbocycles. The van der Waals surface area contributed by atoms with Gasteiger partial charge in [-0.25, -0.2) is 4.79 Å². The molecular formula is C18H23N3O3. The quantitative estimate of drug-likeness (QED) is 0.881. The summed E-state index contributed by atoms with van der Waals surface area (Å²) < 4.78 is 5.33. The third kappa shape index (κ3) is 5.62. The lowest BCUT2D eigenvalue weighted by Crippen LogP contribution is -2.36. The van der Waals surface area contributed by atoms with Crippen LogP contribution in [0.25, 0.3) is 0 Å². The first-order chi connectivity index (χ1) is 11.4. The molecule has 1 aromatic carbocycles. The molecular weight excluding hydrogens is 306 g/mol. The molecule has 0 spiro atoms. The van der Waals surface area contributed by atoms with Gasteiger partial charge in [-0.05, 0) is 44.9 Å². The molecule has 0 aliphatic rings. The Morgan fingerprint density at radius 2 is 1.88 bits per heavy atom. The first-order valence-electron chi connectivity index (χ1n) is 7.84. The van der Waals surface area contributed by atoms with Crippen LogP contribution in [-0.2, 0) is 17.8 Å². The van der Waals surface area contributed by atoms with Crippen molar-refractivity contribution in [3.05, 3.63) is 59.4 Å². The summed E-state index contributed by atoms with van der Waals surface area (Å²) in [4.78, 5) is 12.1. The van der Waals surface area contributed by atoms with Gasteiger partial charge in [-0.2, -0.15) is 10.2 Å². The Bertz CT molecular complexity index is 651. The van der Waals surface area contributed by atoms with E-state index in [0.29, 0.717) is 17.8 Å². The largest absolute Gasteiger partial charge is 0.444 e. The molecule has 1 amide bonds. The summed E-state index contributed by atoms with van der Waals surface area (Å²) in [5, 5.41) is 20.0. The zero-order valence-corrected chi connectivity index (χ0v) is 14.2. The number of ether oxygens (including phenoxy) is 1. The van der Waals surface area contributed by atoms with E-state index in [2.05, 4.69) is 15.5 Å². The van der Waals surface area contributed by atoms with E-state index in [0.717, 1.165) is 5.56 Å². The van der Waals surface area contributed by atoms with Gasteiger partial charge in [0.05, 0.1) is 24.0 Å². The maximum Gasteiger partial charge on any atom is 0.408 e. The maximum absolute atomic E-state index is 12.1. The van der Waals surface area contributed by atoms with Crippen molar-refractivity contribution in [1.29, 1.82) is 0 Å². The second kappa shape index (κ2) is 7.88. The molecule has 2 aromatic rings. The van der Waals surface area contributed by atoms with Crippen LogP contribution in [0.5, 0.6) is 0 Å². The summed E-state index contributed by atoms with van der Waals surface area (Å²) in [6.45, 7) is 5.27. The predicted octanol–water partition coefficient (Wildman–Crippen LogP) is 2.78. The highest BCUT2D eigenvalue weighted by Gasteiger charge is 2.22. The second-order valence-electron chi connectivity index (χ2n) is 6.50. The number of carbonyl (C=O) groups is 1. The number of benzene rings is 1. The number of aliphatic hydroxyl groups is 1. The number of hydrogen-bond donors (Lipinski definition) is 2. The van der Waals surface area contributed by atoms with Crippen molar-refractivity contribution in [3.8, 4) is 0 Å². The molecule has 2 N–H and O–H groups in total. The molecule has 0 aliphatic carbocycles. The van der Waals surface area contributed by atoms with Crippen LogP contribution < -0.4 is 5.32 Å². The highest BCUT2D eigenvalue weighted by Crippen LogP contribution is 2.18. The van der Waals surface area contributed by atoms with Gasteiger partial charge in [-0.3, -0.25) is 0 Å². The molecule has 6 heteroatoms. The van der Waals surface area contributed by atoms with Crippen LogP contribution in [0.2, 0.25) is 0 Å². The van der Waals surface area contributed by atoms with Gasteiger partial charge in [0.2, 0.25) is 0 Å². The van der Waals surface area contributed by atoms with E-state index in [1.165, 1.54) is 0 Å². The van der Waals surface area contributed by atoms with E-state index in [4.69, 9.17) is 9.84 Å². The van der Waals surface area contributed by atoms with Crippen molar-refractivity contribution in [3.63, 3.8) is 0 Å². The van der Waals surface area contributed by atoms with Crippen LogP contribution in [0.3, 0.4) is 0 Å². The molecule has 1 atom stereocenters. The first kappa shape index (κ1) is 17.9. The first-order valence-corrected chi connectivity index (χ1v) is 7.84. The minimum Gasteiger partial charge on any atom is -0.444 e. The normalized spacial score (nSPS) is 12.5. The van der Waals surface area contributed by atoms with Crippen molar-refractivity contribution in [2.45, 2.75) is 45.4 Å². The minimum atomic E-state index is -0.576. The van der Waals surface area contributed by atoms with E-state index >= 15 is 0 Å². The van der Waals surface area contributed by atoms with Gasteiger partial charge in [-0.1, -0.05) is 30.3 Å². The van der Waals surface area contributed by atoms with Crippen molar-refractivity contribution in [2.75, 3.05) is 0 Å². The van der Waals surface area contributed by atoms with E-state index < -0.39 is 11.7 Å². The average molecular weight is 329 g/mol. The summed E-state index contributed by atoms with van der Waals surface area (Å²) in [5.74, 6) is 0. The van der Waals surface area contributed by atoms with E-state index in [1.807, 2.05) is 51.1 Å². The Morgan fingerprint density at radius 1 is 1.17 bits per heavy atom. The topological polar surface area (TPSA) is 84.3 Å². The Kier molecular flexibility index (Phi) is 5.87. The number of aliphatic hydroxyl groups excluding tert-OH is 1. The SMILES string of the molecule is CC(C)(C)OC(=O)N[C@@H](Cc1ccccc1)c1ccc(CO)nn1. The zero-order valence-electron chi connectivity index (χ0n) is 14.2. The second-order valence-corrected chi connectivity index (χ2v) is 6.50.